The molecule has 23 heavy (non-hydrogen) atoms. The lowest BCUT2D eigenvalue weighted by Gasteiger charge is -2.28. The number of carbonyl (C=O) groups excluding carboxylic acids is 2. The summed E-state index contributed by atoms with van der Waals surface area (Å²) < 4.78 is 0. The van der Waals surface area contributed by atoms with E-state index in [9.17, 15) is 9.59 Å². The molecule has 1 aliphatic carbocycles. The first-order valence-electron chi connectivity index (χ1n) is 7.54. The van der Waals surface area contributed by atoms with Crippen LogP contribution in [0.5, 0.6) is 0 Å². The molecule has 0 bridgehead atoms. The van der Waals surface area contributed by atoms with Gasteiger partial charge in [-0.05, 0) is 44.6 Å². The normalized spacial score (nSPS) is 21.9. The lowest BCUT2D eigenvalue weighted by molar-refractivity contribution is -0.117. The third kappa shape index (κ3) is 2.80. The highest BCUT2D eigenvalue weighted by Crippen LogP contribution is 2.29. The van der Waals surface area contributed by atoms with Gasteiger partial charge in [0.25, 0.3) is 11.8 Å². The fourth-order valence-corrected chi connectivity index (χ4v) is 2.78. The molecule has 2 amide bonds. The van der Waals surface area contributed by atoms with E-state index in [1.165, 1.54) is 0 Å². The van der Waals surface area contributed by atoms with Gasteiger partial charge >= 0.3 is 0 Å². The quantitative estimate of drug-likeness (QED) is 0.866. The van der Waals surface area contributed by atoms with Crippen molar-refractivity contribution in [3.05, 3.63) is 70.5 Å². The Kier molecular flexibility index (Phi) is 3.82. The minimum absolute atomic E-state index is 0.0558. The lowest BCUT2D eigenvalue weighted by atomic mass is 9.85. The number of carbonyl (C=O) groups is 2. The van der Waals surface area contributed by atoms with Crippen molar-refractivity contribution in [3.8, 4) is 0 Å². The van der Waals surface area contributed by atoms with Gasteiger partial charge in [0.05, 0.1) is 5.71 Å². The lowest BCUT2D eigenvalue weighted by Crippen LogP contribution is -2.35. The van der Waals surface area contributed by atoms with Crippen LogP contribution in [-0.4, -0.2) is 17.5 Å². The van der Waals surface area contributed by atoms with E-state index in [0.717, 1.165) is 22.4 Å². The minimum atomic E-state index is -0.274. The molecular formula is C19H18N2O2. The summed E-state index contributed by atoms with van der Waals surface area (Å²) in [5.74, 6) is -0.311. The molecule has 0 saturated carbocycles. The summed E-state index contributed by atoms with van der Waals surface area (Å²) in [6.07, 6.45) is 5.57. The molecule has 0 saturated heterocycles. The zero-order valence-electron chi connectivity index (χ0n) is 13.4. The fraction of sp³-hybridized carbons (Fsp3) is 0.211. The predicted octanol–water partition coefficient (Wildman–Crippen LogP) is 3.11. The predicted molar refractivity (Wildman–Crippen MR) is 90.2 cm³/mol. The van der Waals surface area contributed by atoms with Gasteiger partial charge in [0, 0.05) is 22.8 Å². The van der Waals surface area contributed by atoms with Gasteiger partial charge in [-0.15, -0.1) is 0 Å². The largest absolute Gasteiger partial charge is 0.325 e. The van der Waals surface area contributed by atoms with Crippen LogP contribution in [0, 0.1) is 12.8 Å². The minimum Gasteiger partial charge on any atom is -0.325 e. The van der Waals surface area contributed by atoms with Crippen LogP contribution in [0.25, 0.3) is 0 Å². The first-order chi connectivity index (χ1) is 11.0. The molecule has 4 heteroatoms. The van der Waals surface area contributed by atoms with Crippen molar-refractivity contribution in [3.63, 3.8) is 0 Å². The maximum Gasteiger partial charge on any atom is 0.277 e. The van der Waals surface area contributed by atoms with Crippen LogP contribution in [0.3, 0.4) is 0 Å². The summed E-state index contributed by atoms with van der Waals surface area (Å²) in [7, 11) is 0. The van der Waals surface area contributed by atoms with Gasteiger partial charge in [0.1, 0.15) is 0 Å². The highest BCUT2D eigenvalue weighted by atomic mass is 16.2. The molecule has 4 nitrogen and oxygen atoms in total. The summed E-state index contributed by atoms with van der Waals surface area (Å²) in [6, 6.07) is 7.37. The number of hydrogen-bond acceptors (Lipinski definition) is 2. The number of amides is 2. The third-order valence-corrected chi connectivity index (χ3v) is 4.36. The van der Waals surface area contributed by atoms with Crippen molar-refractivity contribution in [2.24, 2.45) is 10.9 Å². The number of benzene rings is 1. The number of allylic oxidation sites excluding steroid dienone is 3. The van der Waals surface area contributed by atoms with Crippen LogP contribution in [0.2, 0.25) is 0 Å². The second-order valence-corrected chi connectivity index (χ2v) is 5.86. The number of nitrogens with one attached hydrogen (secondary N) is 1. The van der Waals surface area contributed by atoms with E-state index in [2.05, 4.69) is 10.3 Å². The monoisotopic (exact) mass is 306 g/mol. The van der Waals surface area contributed by atoms with Crippen molar-refractivity contribution in [1.29, 1.82) is 0 Å². The topological polar surface area (TPSA) is 58.5 Å². The Labute approximate surface area is 135 Å². The number of hydrogen-bond donors (Lipinski definition) is 1. The number of fused-ring (bicyclic) bond motifs is 1. The Bertz CT molecular complexity index is 826. The van der Waals surface area contributed by atoms with E-state index in [1.807, 2.05) is 51.1 Å². The van der Waals surface area contributed by atoms with Gasteiger partial charge in [-0.25, -0.2) is 4.99 Å². The highest BCUT2D eigenvalue weighted by Gasteiger charge is 2.27. The molecular weight excluding hydrogens is 288 g/mol. The molecule has 3 rings (SSSR count). The standard InChI is InChI=1S/C19H18N2O2/c1-11-6-4-5-7-15(11)19(23)20-14-8-9-16-12(2)13(3)18(22)21-17(16)10-14/h4-10,16H,1-3H3,(H,21,22). The Hall–Kier alpha value is -2.75. The maximum atomic E-state index is 12.3. The van der Waals surface area contributed by atoms with E-state index < -0.39 is 0 Å². The smallest absolute Gasteiger partial charge is 0.277 e. The molecule has 0 spiro atoms. The van der Waals surface area contributed by atoms with Crippen molar-refractivity contribution in [2.75, 3.05) is 0 Å². The van der Waals surface area contributed by atoms with E-state index in [-0.39, 0.29) is 17.7 Å². The Morgan fingerprint density at radius 2 is 1.91 bits per heavy atom. The number of rotatable bonds is 1. The molecule has 2 aliphatic rings. The molecule has 1 unspecified atom stereocenters. The van der Waals surface area contributed by atoms with E-state index in [1.54, 1.807) is 12.1 Å². The summed E-state index contributed by atoms with van der Waals surface area (Å²) in [5, 5.41) is 2.87. The van der Waals surface area contributed by atoms with Crippen molar-refractivity contribution in [2.45, 2.75) is 20.8 Å². The van der Waals surface area contributed by atoms with Crippen LogP contribution >= 0.6 is 0 Å². The molecule has 0 fully saturated rings. The van der Waals surface area contributed by atoms with Crippen LogP contribution in [-0.2, 0) is 4.79 Å². The van der Waals surface area contributed by atoms with E-state index in [4.69, 9.17) is 0 Å². The first kappa shape index (κ1) is 15.2. The van der Waals surface area contributed by atoms with Crippen LogP contribution in [0.4, 0.5) is 0 Å². The third-order valence-electron chi connectivity index (χ3n) is 4.36. The Morgan fingerprint density at radius 3 is 2.65 bits per heavy atom. The average molecular weight is 306 g/mol. The van der Waals surface area contributed by atoms with Gasteiger partial charge in [-0.1, -0.05) is 29.8 Å². The van der Waals surface area contributed by atoms with Crippen molar-refractivity contribution >= 4 is 17.5 Å². The van der Waals surface area contributed by atoms with Gasteiger partial charge in [0.15, 0.2) is 0 Å². The average Bonchev–Trinajstić information content (AvgIpc) is 2.53. The summed E-state index contributed by atoms with van der Waals surface area (Å²) >= 11 is 0. The van der Waals surface area contributed by atoms with Crippen molar-refractivity contribution < 1.29 is 9.59 Å². The Morgan fingerprint density at radius 1 is 1.17 bits per heavy atom. The first-order valence-corrected chi connectivity index (χ1v) is 7.54. The van der Waals surface area contributed by atoms with Gasteiger partial charge in [-0.2, -0.15) is 0 Å². The molecule has 1 aromatic rings. The number of aliphatic imine (C=N–C) groups is 1. The van der Waals surface area contributed by atoms with Crippen LogP contribution < -0.4 is 5.32 Å². The zero-order chi connectivity index (χ0) is 16.6. The fourth-order valence-electron chi connectivity index (χ4n) is 2.78. The Balaban J connectivity index is 1.92. The molecule has 0 radical (unpaired) electrons. The van der Waals surface area contributed by atoms with Gasteiger partial charge in [0.2, 0.25) is 0 Å². The zero-order valence-corrected chi connectivity index (χ0v) is 13.4. The van der Waals surface area contributed by atoms with Crippen LogP contribution in [0.15, 0.2) is 64.3 Å². The maximum absolute atomic E-state index is 12.3. The molecule has 1 aromatic carbocycles. The van der Waals surface area contributed by atoms with E-state index in [0.29, 0.717) is 11.3 Å². The second kappa shape index (κ2) is 5.80. The summed E-state index contributed by atoms with van der Waals surface area (Å²) in [5.41, 5.74) is 4.59. The van der Waals surface area contributed by atoms with Crippen LogP contribution in [0.1, 0.15) is 29.8 Å². The number of aryl methyl sites for hydroxylation is 1. The molecule has 1 heterocycles. The summed E-state index contributed by atoms with van der Waals surface area (Å²) in [6.45, 7) is 5.66. The van der Waals surface area contributed by atoms with Crippen molar-refractivity contribution in [1.82, 2.24) is 5.32 Å². The summed E-state index contributed by atoms with van der Waals surface area (Å²) in [4.78, 5) is 28.4. The molecule has 1 N–H and O–H groups in total. The number of nitrogens with zero attached hydrogens (tertiary/aromatic N) is 1. The highest BCUT2D eigenvalue weighted by molar-refractivity contribution is 6.14. The SMILES string of the molecule is CC1=C(C)C2C=CC(=NC(=O)c3ccccc3C)C=C2NC1=O. The molecule has 0 aromatic heterocycles. The van der Waals surface area contributed by atoms with E-state index >= 15 is 0 Å². The second-order valence-electron chi connectivity index (χ2n) is 5.86. The molecule has 1 atom stereocenters. The molecule has 1 aliphatic heterocycles. The molecule has 116 valence electrons. The van der Waals surface area contributed by atoms with Gasteiger partial charge < -0.3 is 5.32 Å². The van der Waals surface area contributed by atoms with Gasteiger partial charge in [-0.3, -0.25) is 9.59 Å².